The quantitative estimate of drug-likeness (QED) is 0.543. The van der Waals surface area contributed by atoms with Crippen molar-refractivity contribution < 1.29 is 9.59 Å². The van der Waals surface area contributed by atoms with Crippen LogP contribution >= 0.6 is 0 Å². The van der Waals surface area contributed by atoms with Crippen molar-refractivity contribution in [3.05, 3.63) is 88.5 Å². The molecule has 4 nitrogen and oxygen atoms in total. The highest BCUT2D eigenvalue weighted by Gasteiger charge is 2.33. The number of aryl methyl sites for hydroxylation is 1. The van der Waals surface area contributed by atoms with E-state index in [0.29, 0.717) is 40.2 Å². The number of ketones is 2. The Balaban J connectivity index is 1.89. The van der Waals surface area contributed by atoms with Gasteiger partial charge in [-0.15, -0.1) is 0 Å². The van der Waals surface area contributed by atoms with Crippen LogP contribution in [0.4, 0.5) is 17.1 Å². The lowest BCUT2D eigenvalue weighted by molar-refractivity contribution is 0.0980. The highest BCUT2D eigenvalue weighted by atomic mass is 16.1. The summed E-state index contributed by atoms with van der Waals surface area (Å²) in [4.78, 5) is 26.4. The van der Waals surface area contributed by atoms with E-state index >= 15 is 0 Å². The minimum Gasteiger partial charge on any atom is -0.385 e. The van der Waals surface area contributed by atoms with Gasteiger partial charge in [-0.05, 0) is 38.1 Å². The summed E-state index contributed by atoms with van der Waals surface area (Å²) in [6, 6.07) is 18.7. The first-order valence-electron chi connectivity index (χ1n) is 9.03. The number of carbonyl (C=O) groups excluding carboxylic acids is 2. The van der Waals surface area contributed by atoms with Crippen molar-refractivity contribution in [3.63, 3.8) is 0 Å². The number of nitrogens with one attached hydrogen (secondary N) is 2. The Morgan fingerprint density at radius 3 is 1.89 bits per heavy atom. The second kappa shape index (κ2) is 6.72. The topological polar surface area (TPSA) is 58.2 Å². The molecule has 4 heteroatoms. The van der Waals surface area contributed by atoms with Crippen LogP contribution in [0.5, 0.6) is 0 Å². The molecule has 3 aromatic rings. The first-order chi connectivity index (χ1) is 13.1. The van der Waals surface area contributed by atoms with Gasteiger partial charge in [0.2, 0.25) is 0 Å². The summed E-state index contributed by atoms with van der Waals surface area (Å²) in [5.41, 5.74) is 5.15. The van der Waals surface area contributed by atoms with E-state index in [1.54, 1.807) is 24.3 Å². The lowest BCUT2D eigenvalue weighted by Gasteiger charge is -2.23. The zero-order valence-electron chi connectivity index (χ0n) is 15.3. The van der Waals surface area contributed by atoms with E-state index in [0.717, 1.165) is 11.3 Å². The number of benzene rings is 3. The van der Waals surface area contributed by atoms with Gasteiger partial charge in [-0.25, -0.2) is 0 Å². The molecule has 0 fully saturated rings. The third-order valence-electron chi connectivity index (χ3n) is 4.77. The van der Waals surface area contributed by atoms with Gasteiger partial charge in [0.15, 0.2) is 11.6 Å². The van der Waals surface area contributed by atoms with Crippen LogP contribution in [0.2, 0.25) is 0 Å². The van der Waals surface area contributed by atoms with Crippen LogP contribution in [0.15, 0.2) is 60.7 Å². The summed E-state index contributed by atoms with van der Waals surface area (Å²) in [6.07, 6.45) is 0. The molecule has 1 aliphatic rings. The van der Waals surface area contributed by atoms with Crippen molar-refractivity contribution >= 4 is 28.6 Å². The number of rotatable bonds is 4. The van der Waals surface area contributed by atoms with Gasteiger partial charge in [0.25, 0.3) is 0 Å². The third-order valence-corrected chi connectivity index (χ3v) is 4.77. The van der Waals surface area contributed by atoms with Crippen LogP contribution in [-0.2, 0) is 0 Å². The fraction of sp³-hybridized carbons (Fsp3) is 0.130. The molecule has 0 saturated heterocycles. The van der Waals surface area contributed by atoms with E-state index in [1.165, 1.54) is 0 Å². The molecule has 0 spiro atoms. The van der Waals surface area contributed by atoms with Crippen molar-refractivity contribution in [2.75, 3.05) is 17.2 Å². The first kappa shape index (κ1) is 17.0. The van der Waals surface area contributed by atoms with Gasteiger partial charge < -0.3 is 10.6 Å². The van der Waals surface area contributed by atoms with Gasteiger partial charge in [0, 0.05) is 29.0 Å². The fourth-order valence-electron chi connectivity index (χ4n) is 3.46. The highest BCUT2D eigenvalue weighted by Crippen LogP contribution is 2.37. The van der Waals surface area contributed by atoms with Crippen molar-refractivity contribution in [2.24, 2.45) is 0 Å². The van der Waals surface area contributed by atoms with Crippen molar-refractivity contribution in [1.29, 1.82) is 0 Å². The van der Waals surface area contributed by atoms with Crippen molar-refractivity contribution in [1.82, 2.24) is 0 Å². The van der Waals surface area contributed by atoms with E-state index < -0.39 is 0 Å². The molecule has 2 N–H and O–H groups in total. The number of fused-ring (bicyclic) bond motifs is 2. The molecule has 134 valence electrons. The van der Waals surface area contributed by atoms with E-state index in [-0.39, 0.29) is 11.6 Å². The summed E-state index contributed by atoms with van der Waals surface area (Å²) in [6.45, 7) is 4.66. The molecular formula is C23H20N2O2. The maximum absolute atomic E-state index is 13.3. The Kier molecular flexibility index (Phi) is 4.24. The molecule has 3 aromatic carbocycles. The summed E-state index contributed by atoms with van der Waals surface area (Å²) < 4.78 is 0. The molecule has 0 saturated carbocycles. The van der Waals surface area contributed by atoms with Gasteiger partial charge in [-0.3, -0.25) is 9.59 Å². The maximum atomic E-state index is 13.3. The third kappa shape index (κ3) is 2.89. The Hall–Kier alpha value is -3.40. The summed E-state index contributed by atoms with van der Waals surface area (Å²) >= 11 is 0. The van der Waals surface area contributed by atoms with Crippen molar-refractivity contribution in [2.45, 2.75) is 13.8 Å². The van der Waals surface area contributed by atoms with E-state index in [4.69, 9.17) is 0 Å². The lowest BCUT2D eigenvalue weighted by Crippen LogP contribution is -2.23. The largest absolute Gasteiger partial charge is 0.385 e. The van der Waals surface area contributed by atoms with Gasteiger partial charge >= 0.3 is 0 Å². The second-order valence-corrected chi connectivity index (χ2v) is 6.64. The van der Waals surface area contributed by atoms with Crippen LogP contribution in [0.1, 0.15) is 44.3 Å². The van der Waals surface area contributed by atoms with Gasteiger partial charge in [-0.2, -0.15) is 0 Å². The molecule has 1 aliphatic carbocycles. The van der Waals surface area contributed by atoms with Crippen LogP contribution in [0.3, 0.4) is 0 Å². The Morgan fingerprint density at radius 1 is 0.741 bits per heavy atom. The Labute approximate surface area is 158 Å². The molecule has 0 bridgehead atoms. The fourth-order valence-corrected chi connectivity index (χ4v) is 3.46. The molecule has 0 radical (unpaired) electrons. The van der Waals surface area contributed by atoms with Gasteiger partial charge in [0.05, 0.1) is 16.8 Å². The lowest BCUT2D eigenvalue weighted by atomic mass is 9.82. The highest BCUT2D eigenvalue weighted by molar-refractivity contribution is 6.32. The first-order valence-corrected chi connectivity index (χ1v) is 9.03. The molecule has 0 amide bonds. The van der Waals surface area contributed by atoms with Crippen LogP contribution in [-0.4, -0.2) is 18.1 Å². The Morgan fingerprint density at radius 2 is 1.30 bits per heavy atom. The molecule has 0 unspecified atom stereocenters. The van der Waals surface area contributed by atoms with Gasteiger partial charge in [0.1, 0.15) is 0 Å². The minimum atomic E-state index is -0.130. The normalized spacial score (nSPS) is 12.4. The molecule has 27 heavy (non-hydrogen) atoms. The van der Waals surface area contributed by atoms with E-state index in [9.17, 15) is 9.59 Å². The molecule has 0 aliphatic heterocycles. The van der Waals surface area contributed by atoms with Crippen LogP contribution in [0, 0.1) is 6.92 Å². The predicted molar refractivity (Wildman–Crippen MR) is 108 cm³/mol. The standard InChI is InChI=1S/C23H20N2O2/c1-3-24-18-12-13-19(25-15-10-8-14(2)9-11-15)21-20(18)22(26)16-6-4-5-7-17(16)23(21)27/h4-13,24-25H,3H2,1-2H3. The Bertz CT molecular complexity index is 1050. The average Bonchev–Trinajstić information content (AvgIpc) is 2.69. The summed E-state index contributed by atoms with van der Waals surface area (Å²) in [5.74, 6) is -0.252. The van der Waals surface area contributed by atoms with Crippen molar-refractivity contribution in [3.8, 4) is 0 Å². The SMILES string of the molecule is CCNc1ccc(Nc2ccc(C)cc2)c2c1C(=O)c1ccccc1C2=O. The maximum Gasteiger partial charge on any atom is 0.196 e. The number of anilines is 3. The summed E-state index contributed by atoms with van der Waals surface area (Å²) in [5, 5.41) is 6.52. The van der Waals surface area contributed by atoms with Gasteiger partial charge in [-0.1, -0.05) is 42.0 Å². The minimum absolute atomic E-state index is 0.122. The molecular weight excluding hydrogens is 336 g/mol. The zero-order valence-corrected chi connectivity index (χ0v) is 15.3. The predicted octanol–water partition coefficient (Wildman–Crippen LogP) is 4.95. The average molecular weight is 356 g/mol. The molecule has 0 aromatic heterocycles. The van der Waals surface area contributed by atoms with E-state index in [2.05, 4.69) is 10.6 Å². The molecule has 0 atom stereocenters. The van der Waals surface area contributed by atoms with E-state index in [1.807, 2.05) is 50.2 Å². The van der Waals surface area contributed by atoms with Crippen LogP contribution in [0.25, 0.3) is 0 Å². The molecule has 0 heterocycles. The second-order valence-electron chi connectivity index (χ2n) is 6.64. The number of hydrogen-bond donors (Lipinski definition) is 2. The summed E-state index contributed by atoms with van der Waals surface area (Å²) in [7, 11) is 0. The smallest absolute Gasteiger partial charge is 0.196 e. The molecule has 4 rings (SSSR count). The monoisotopic (exact) mass is 356 g/mol. The van der Waals surface area contributed by atoms with Crippen LogP contribution < -0.4 is 10.6 Å². The number of carbonyl (C=O) groups is 2. The number of hydrogen-bond acceptors (Lipinski definition) is 4. The zero-order chi connectivity index (χ0) is 19.0.